The van der Waals surface area contributed by atoms with Crippen LogP contribution >= 0.6 is 0 Å². The van der Waals surface area contributed by atoms with E-state index in [2.05, 4.69) is 6.92 Å². The number of hydrogen-bond donors (Lipinski definition) is 1. The van der Waals surface area contributed by atoms with Gasteiger partial charge in [-0.1, -0.05) is 31.9 Å². The predicted octanol–water partition coefficient (Wildman–Crippen LogP) is 5.90. The van der Waals surface area contributed by atoms with Gasteiger partial charge in [-0.25, -0.2) is 0 Å². The molecule has 2 atom stereocenters. The lowest BCUT2D eigenvalue weighted by molar-refractivity contribution is -0.167. The molecule has 4 nitrogen and oxygen atoms in total. The molecule has 0 heterocycles. The molecule has 0 fully saturated rings. The maximum absolute atomic E-state index is 12.5. The second-order valence-corrected chi connectivity index (χ2v) is 7.79. The minimum Gasteiger partial charge on any atom is -0.481 e. The lowest BCUT2D eigenvalue weighted by Crippen LogP contribution is -2.35. The Morgan fingerprint density at radius 3 is 2.15 bits per heavy atom. The highest BCUT2D eigenvalue weighted by atomic mass is 19.4. The molecule has 0 saturated carbocycles. The number of unbranched alkanes of at least 4 members (excludes halogenated alkanes) is 3. The molecule has 2 unspecified atom stereocenters. The van der Waals surface area contributed by atoms with Gasteiger partial charge < -0.3 is 9.84 Å². The molecule has 0 aliphatic carbocycles. The third-order valence-corrected chi connectivity index (χ3v) is 4.02. The molecule has 0 radical (unpaired) electrons. The Bertz CT molecular complexity index is 479. The number of carbonyl (C=O) groups excluding carboxylic acids is 1. The van der Waals surface area contributed by atoms with Crippen LogP contribution in [-0.2, 0) is 14.3 Å². The second-order valence-electron chi connectivity index (χ2n) is 7.79. The first-order valence-corrected chi connectivity index (χ1v) is 9.54. The van der Waals surface area contributed by atoms with Gasteiger partial charge in [-0.05, 0) is 52.9 Å². The van der Waals surface area contributed by atoms with Crippen LogP contribution in [0.25, 0.3) is 0 Å². The molecule has 0 spiro atoms. The molecule has 7 heteroatoms. The number of hydrogen-bond acceptors (Lipinski definition) is 3. The molecule has 0 aromatic heterocycles. The highest BCUT2D eigenvalue weighted by Gasteiger charge is 2.36. The van der Waals surface area contributed by atoms with Gasteiger partial charge in [0.15, 0.2) is 0 Å². The first-order chi connectivity index (χ1) is 12.4. The van der Waals surface area contributed by atoms with Gasteiger partial charge in [0.25, 0.3) is 0 Å². The van der Waals surface area contributed by atoms with E-state index < -0.39 is 42.0 Å². The molecule has 0 aromatic carbocycles. The van der Waals surface area contributed by atoms with E-state index in [1.54, 1.807) is 26.8 Å². The maximum Gasteiger partial charge on any atom is 0.389 e. The zero-order valence-corrected chi connectivity index (χ0v) is 16.8. The number of carboxylic acids is 1. The van der Waals surface area contributed by atoms with Gasteiger partial charge in [-0.2, -0.15) is 13.2 Å². The van der Waals surface area contributed by atoms with Crippen molar-refractivity contribution in [1.29, 1.82) is 0 Å². The Labute approximate surface area is 160 Å². The summed E-state index contributed by atoms with van der Waals surface area (Å²) in [5.74, 6) is -4.16. The lowest BCUT2D eigenvalue weighted by atomic mass is 9.85. The fourth-order valence-electron chi connectivity index (χ4n) is 2.69. The third kappa shape index (κ3) is 13.3. The van der Waals surface area contributed by atoms with E-state index in [1.807, 2.05) is 6.08 Å². The van der Waals surface area contributed by atoms with Gasteiger partial charge in [-0.15, -0.1) is 0 Å². The van der Waals surface area contributed by atoms with E-state index in [0.717, 1.165) is 25.7 Å². The number of carboxylic acid groups (broad SMARTS) is 1. The van der Waals surface area contributed by atoms with Crippen molar-refractivity contribution >= 4 is 11.9 Å². The normalized spacial score (nSPS) is 14.9. The summed E-state index contributed by atoms with van der Waals surface area (Å²) < 4.78 is 42.5. The summed E-state index contributed by atoms with van der Waals surface area (Å²) in [5.41, 5.74) is -0.796. The summed E-state index contributed by atoms with van der Waals surface area (Å²) >= 11 is 0. The number of esters is 1. The van der Waals surface area contributed by atoms with Gasteiger partial charge in [0.1, 0.15) is 5.60 Å². The predicted molar refractivity (Wildman–Crippen MR) is 98.3 cm³/mol. The van der Waals surface area contributed by atoms with E-state index in [1.165, 1.54) is 0 Å². The van der Waals surface area contributed by atoms with Crippen molar-refractivity contribution in [3.8, 4) is 0 Å². The quantitative estimate of drug-likeness (QED) is 0.254. The van der Waals surface area contributed by atoms with Crippen LogP contribution in [-0.4, -0.2) is 28.8 Å². The molecule has 0 saturated heterocycles. The molecule has 0 aliphatic rings. The number of carbonyl (C=O) groups is 2. The monoisotopic (exact) mass is 394 g/mol. The molecule has 27 heavy (non-hydrogen) atoms. The van der Waals surface area contributed by atoms with Gasteiger partial charge in [-0.3, -0.25) is 9.59 Å². The SMILES string of the molecule is CCCCCC=CCC(C(=O)OC(C)(C)C)C(CCCC(F)(F)F)C(=O)O. The summed E-state index contributed by atoms with van der Waals surface area (Å²) in [6.45, 7) is 7.09. The van der Waals surface area contributed by atoms with E-state index >= 15 is 0 Å². The van der Waals surface area contributed by atoms with E-state index in [0.29, 0.717) is 0 Å². The number of halogens is 3. The molecule has 1 N–H and O–H groups in total. The van der Waals surface area contributed by atoms with Gasteiger partial charge in [0.2, 0.25) is 0 Å². The zero-order valence-electron chi connectivity index (χ0n) is 16.8. The van der Waals surface area contributed by atoms with Crippen molar-refractivity contribution in [2.24, 2.45) is 11.8 Å². The van der Waals surface area contributed by atoms with Crippen LogP contribution in [0.2, 0.25) is 0 Å². The number of alkyl halides is 3. The largest absolute Gasteiger partial charge is 0.481 e. The van der Waals surface area contributed by atoms with Gasteiger partial charge in [0, 0.05) is 6.42 Å². The molecular weight excluding hydrogens is 361 g/mol. The number of ether oxygens (including phenoxy) is 1. The van der Waals surface area contributed by atoms with Crippen molar-refractivity contribution in [2.75, 3.05) is 0 Å². The van der Waals surface area contributed by atoms with Crippen LogP contribution in [0.1, 0.15) is 79.1 Å². The van der Waals surface area contributed by atoms with Crippen molar-refractivity contribution in [2.45, 2.75) is 90.8 Å². The van der Waals surface area contributed by atoms with Crippen LogP contribution in [0.4, 0.5) is 13.2 Å². The first-order valence-electron chi connectivity index (χ1n) is 9.54. The summed E-state index contributed by atoms with van der Waals surface area (Å²) in [7, 11) is 0. The van der Waals surface area contributed by atoms with E-state index in [-0.39, 0.29) is 19.3 Å². The molecule has 0 amide bonds. The Hall–Kier alpha value is -1.53. The van der Waals surface area contributed by atoms with Crippen LogP contribution in [0.5, 0.6) is 0 Å². The van der Waals surface area contributed by atoms with Crippen LogP contribution in [0.3, 0.4) is 0 Å². The lowest BCUT2D eigenvalue weighted by Gasteiger charge is -2.27. The minimum atomic E-state index is -4.34. The maximum atomic E-state index is 12.5. The summed E-state index contributed by atoms with van der Waals surface area (Å²) in [4.78, 5) is 24.1. The summed E-state index contributed by atoms with van der Waals surface area (Å²) in [5, 5.41) is 9.48. The fraction of sp³-hybridized carbons (Fsp3) is 0.800. The molecule has 0 aliphatic heterocycles. The Morgan fingerprint density at radius 2 is 1.67 bits per heavy atom. The molecule has 0 rings (SSSR count). The Kier molecular flexibility index (Phi) is 11.4. The molecule has 0 bridgehead atoms. The number of allylic oxidation sites excluding steroid dienone is 2. The van der Waals surface area contributed by atoms with E-state index in [4.69, 9.17) is 4.74 Å². The fourth-order valence-corrected chi connectivity index (χ4v) is 2.69. The highest BCUT2D eigenvalue weighted by molar-refractivity contribution is 5.81. The smallest absolute Gasteiger partial charge is 0.389 e. The Morgan fingerprint density at radius 1 is 1.04 bits per heavy atom. The standard InChI is InChI=1S/C20H33F3O4/c1-5-6-7-8-9-10-12-16(18(26)27-19(2,3)4)15(17(24)25)13-11-14-20(21,22)23/h9-10,15-16H,5-8,11-14H2,1-4H3,(H,24,25). The van der Waals surface area contributed by atoms with Crippen LogP contribution in [0, 0.1) is 11.8 Å². The average Bonchev–Trinajstić information content (AvgIpc) is 2.48. The third-order valence-electron chi connectivity index (χ3n) is 4.02. The summed E-state index contributed by atoms with van der Waals surface area (Å²) in [6.07, 6.45) is 1.79. The number of aliphatic carboxylic acids is 1. The second kappa shape index (κ2) is 12.0. The van der Waals surface area contributed by atoms with Crippen molar-refractivity contribution in [3.63, 3.8) is 0 Å². The molecule has 158 valence electrons. The highest BCUT2D eigenvalue weighted by Crippen LogP contribution is 2.29. The molecular formula is C20H33F3O4. The average molecular weight is 394 g/mol. The zero-order chi connectivity index (χ0) is 21.1. The molecule has 0 aromatic rings. The number of rotatable bonds is 12. The van der Waals surface area contributed by atoms with Gasteiger partial charge in [0.05, 0.1) is 11.8 Å². The van der Waals surface area contributed by atoms with Crippen molar-refractivity contribution in [3.05, 3.63) is 12.2 Å². The van der Waals surface area contributed by atoms with Crippen molar-refractivity contribution in [1.82, 2.24) is 0 Å². The topological polar surface area (TPSA) is 63.6 Å². The van der Waals surface area contributed by atoms with Crippen LogP contribution in [0.15, 0.2) is 12.2 Å². The van der Waals surface area contributed by atoms with E-state index in [9.17, 15) is 27.9 Å². The van der Waals surface area contributed by atoms with Crippen molar-refractivity contribution < 1.29 is 32.6 Å². The summed E-state index contributed by atoms with van der Waals surface area (Å²) in [6, 6.07) is 0. The van der Waals surface area contributed by atoms with Gasteiger partial charge >= 0.3 is 18.1 Å². The van der Waals surface area contributed by atoms with Crippen LogP contribution < -0.4 is 0 Å². The minimum absolute atomic E-state index is 0.143. The Balaban J connectivity index is 5.12. The first kappa shape index (κ1) is 25.5.